The van der Waals surface area contributed by atoms with E-state index in [-0.39, 0.29) is 23.8 Å². The Morgan fingerprint density at radius 2 is 2.11 bits per heavy atom. The van der Waals surface area contributed by atoms with Crippen LogP contribution in [0, 0.1) is 5.95 Å². The molecule has 2 aromatic rings. The number of carbonyl (C=O) groups excluding carboxylic acids is 1. The van der Waals surface area contributed by atoms with Crippen LogP contribution in [0.2, 0.25) is 0 Å². The van der Waals surface area contributed by atoms with Crippen molar-refractivity contribution in [3.05, 3.63) is 53.5 Å². The minimum absolute atomic E-state index is 0.00962. The van der Waals surface area contributed by atoms with Crippen molar-refractivity contribution in [1.82, 2.24) is 10.3 Å². The molecule has 0 saturated heterocycles. The van der Waals surface area contributed by atoms with Crippen LogP contribution in [0.25, 0.3) is 0 Å². The van der Waals surface area contributed by atoms with E-state index in [2.05, 4.69) is 10.3 Å². The lowest BCUT2D eigenvalue weighted by atomic mass is 10.3. The highest BCUT2D eigenvalue weighted by molar-refractivity contribution is 5.92. The predicted octanol–water partition coefficient (Wildman–Crippen LogP) is 1.44. The van der Waals surface area contributed by atoms with Crippen LogP contribution in [0.4, 0.5) is 4.39 Å². The van der Waals surface area contributed by atoms with Crippen LogP contribution in [0.5, 0.6) is 0 Å². The Hall–Kier alpha value is -2.70. The number of hydrogen-bond acceptors (Lipinski definition) is 4. The number of halogens is 1. The maximum absolute atomic E-state index is 12.8. The van der Waals surface area contributed by atoms with Crippen LogP contribution < -0.4 is 5.32 Å². The molecule has 2 heterocycles. The third-order valence-corrected chi connectivity index (χ3v) is 2.24. The Balaban J connectivity index is 1.98. The van der Waals surface area contributed by atoms with Gasteiger partial charge in [0, 0.05) is 0 Å². The van der Waals surface area contributed by atoms with Crippen molar-refractivity contribution >= 4 is 11.9 Å². The molecule has 0 atom stereocenters. The van der Waals surface area contributed by atoms with Crippen LogP contribution in [0.1, 0.15) is 26.8 Å². The van der Waals surface area contributed by atoms with Crippen molar-refractivity contribution in [1.29, 1.82) is 0 Å². The molecule has 2 rings (SSSR count). The molecule has 0 unspecified atom stereocenters. The molecule has 0 radical (unpaired) electrons. The standard InChI is InChI=1S/C12H9FN2O4/c13-10-3-1-2-8(15-10)11(16)14-6-7-4-5-9(19-7)12(17)18/h1-5H,6H2,(H,14,16)(H,17,18). The van der Waals surface area contributed by atoms with Gasteiger partial charge in [-0.15, -0.1) is 0 Å². The van der Waals surface area contributed by atoms with Crippen molar-refractivity contribution in [2.24, 2.45) is 0 Å². The average molecular weight is 264 g/mol. The zero-order chi connectivity index (χ0) is 13.8. The fourth-order valence-electron chi connectivity index (χ4n) is 1.38. The van der Waals surface area contributed by atoms with Gasteiger partial charge in [-0.2, -0.15) is 4.39 Å². The second-order valence-electron chi connectivity index (χ2n) is 3.60. The van der Waals surface area contributed by atoms with Crippen molar-refractivity contribution in [2.75, 3.05) is 0 Å². The van der Waals surface area contributed by atoms with Gasteiger partial charge in [0.25, 0.3) is 5.91 Å². The molecule has 0 aromatic carbocycles. The van der Waals surface area contributed by atoms with Gasteiger partial charge in [0.1, 0.15) is 11.5 Å². The van der Waals surface area contributed by atoms with E-state index >= 15 is 0 Å². The molecule has 19 heavy (non-hydrogen) atoms. The largest absolute Gasteiger partial charge is 0.475 e. The SMILES string of the molecule is O=C(NCc1ccc(C(=O)O)o1)c1cccc(F)n1. The topological polar surface area (TPSA) is 92.4 Å². The summed E-state index contributed by atoms with van der Waals surface area (Å²) >= 11 is 0. The molecule has 0 fully saturated rings. The number of furan rings is 1. The number of hydrogen-bond donors (Lipinski definition) is 2. The number of amides is 1. The normalized spacial score (nSPS) is 10.2. The second kappa shape index (κ2) is 5.30. The first-order valence-corrected chi connectivity index (χ1v) is 5.29. The van der Waals surface area contributed by atoms with E-state index in [0.29, 0.717) is 0 Å². The van der Waals surface area contributed by atoms with E-state index in [9.17, 15) is 14.0 Å². The zero-order valence-corrected chi connectivity index (χ0v) is 9.59. The number of nitrogens with zero attached hydrogens (tertiary/aromatic N) is 1. The highest BCUT2D eigenvalue weighted by Gasteiger charge is 2.11. The molecule has 6 nitrogen and oxygen atoms in total. The quantitative estimate of drug-likeness (QED) is 0.815. The summed E-state index contributed by atoms with van der Waals surface area (Å²) in [5, 5.41) is 11.1. The Bertz CT molecular complexity index is 624. The molecular formula is C12H9FN2O4. The van der Waals surface area contributed by atoms with Gasteiger partial charge < -0.3 is 14.8 Å². The summed E-state index contributed by atoms with van der Waals surface area (Å²) in [6.07, 6.45) is 0. The number of rotatable bonds is 4. The third kappa shape index (κ3) is 3.15. The van der Waals surface area contributed by atoms with Gasteiger partial charge in [-0.1, -0.05) is 6.07 Å². The van der Waals surface area contributed by atoms with E-state index < -0.39 is 17.8 Å². The van der Waals surface area contributed by atoms with Crippen LogP contribution in [-0.4, -0.2) is 22.0 Å². The Labute approximate surface area is 106 Å². The van der Waals surface area contributed by atoms with Gasteiger partial charge in [0.15, 0.2) is 0 Å². The summed E-state index contributed by atoms with van der Waals surface area (Å²) in [5.74, 6) is -2.45. The minimum Gasteiger partial charge on any atom is -0.475 e. The number of carboxylic acids is 1. The van der Waals surface area contributed by atoms with Crippen LogP contribution in [-0.2, 0) is 6.54 Å². The van der Waals surface area contributed by atoms with Gasteiger partial charge in [-0.05, 0) is 24.3 Å². The van der Waals surface area contributed by atoms with E-state index in [1.807, 2.05) is 0 Å². The fraction of sp³-hybridized carbons (Fsp3) is 0.0833. The van der Waals surface area contributed by atoms with E-state index in [1.165, 1.54) is 24.3 Å². The van der Waals surface area contributed by atoms with Crippen LogP contribution in [0.3, 0.4) is 0 Å². The minimum atomic E-state index is -1.19. The molecule has 2 N–H and O–H groups in total. The van der Waals surface area contributed by atoms with E-state index in [0.717, 1.165) is 6.07 Å². The molecule has 0 aliphatic heterocycles. The third-order valence-electron chi connectivity index (χ3n) is 2.24. The Morgan fingerprint density at radius 1 is 1.32 bits per heavy atom. The summed E-state index contributed by atoms with van der Waals surface area (Å²) in [6.45, 7) is -0.00962. The number of pyridine rings is 1. The number of aromatic carboxylic acids is 1. The Kier molecular flexibility index (Phi) is 3.56. The lowest BCUT2D eigenvalue weighted by Gasteiger charge is -2.02. The summed E-state index contributed by atoms with van der Waals surface area (Å²) in [5.41, 5.74) is -0.0648. The monoisotopic (exact) mass is 264 g/mol. The van der Waals surface area contributed by atoms with Crippen molar-refractivity contribution in [3.63, 3.8) is 0 Å². The highest BCUT2D eigenvalue weighted by atomic mass is 19.1. The fourth-order valence-corrected chi connectivity index (χ4v) is 1.38. The number of carboxylic acid groups (broad SMARTS) is 1. The van der Waals surface area contributed by atoms with Crippen LogP contribution >= 0.6 is 0 Å². The zero-order valence-electron chi connectivity index (χ0n) is 9.59. The molecule has 0 spiro atoms. The number of nitrogens with one attached hydrogen (secondary N) is 1. The molecule has 1 amide bonds. The highest BCUT2D eigenvalue weighted by Crippen LogP contribution is 2.07. The molecule has 98 valence electrons. The maximum atomic E-state index is 12.8. The summed E-state index contributed by atoms with van der Waals surface area (Å²) < 4.78 is 17.8. The number of aromatic nitrogens is 1. The van der Waals surface area contributed by atoms with Gasteiger partial charge >= 0.3 is 5.97 Å². The lowest BCUT2D eigenvalue weighted by molar-refractivity contribution is 0.0660. The first-order chi connectivity index (χ1) is 9.06. The summed E-state index contributed by atoms with van der Waals surface area (Å²) in [7, 11) is 0. The van der Waals surface area contributed by atoms with E-state index in [1.54, 1.807) is 0 Å². The molecule has 0 aliphatic rings. The predicted molar refractivity (Wildman–Crippen MR) is 61.0 cm³/mol. The molecule has 0 saturated carbocycles. The van der Waals surface area contributed by atoms with Crippen molar-refractivity contribution < 1.29 is 23.5 Å². The smallest absolute Gasteiger partial charge is 0.371 e. The van der Waals surface area contributed by atoms with Gasteiger partial charge in [0.05, 0.1) is 6.54 Å². The lowest BCUT2D eigenvalue weighted by Crippen LogP contribution is -2.23. The molecule has 2 aromatic heterocycles. The van der Waals surface area contributed by atoms with Gasteiger partial charge in [0.2, 0.25) is 11.7 Å². The summed E-state index contributed by atoms with van der Waals surface area (Å²) in [6, 6.07) is 6.57. The van der Waals surface area contributed by atoms with Crippen molar-refractivity contribution in [2.45, 2.75) is 6.54 Å². The molecule has 0 aliphatic carbocycles. The molecular weight excluding hydrogens is 255 g/mol. The average Bonchev–Trinajstić information content (AvgIpc) is 2.85. The summed E-state index contributed by atoms with van der Waals surface area (Å²) in [4.78, 5) is 25.6. The van der Waals surface area contributed by atoms with E-state index in [4.69, 9.17) is 9.52 Å². The van der Waals surface area contributed by atoms with Gasteiger partial charge in [-0.25, -0.2) is 9.78 Å². The number of carbonyl (C=O) groups is 2. The first kappa shape index (κ1) is 12.7. The van der Waals surface area contributed by atoms with Crippen LogP contribution in [0.15, 0.2) is 34.7 Å². The van der Waals surface area contributed by atoms with Crippen molar-refractivity contribution in [3.8, 4) is 0 Å². The van der Waals surface area contributed by atoms with Gasteiger partial charge in [-0.3, -0.25) is 4.79 Å². The molecule has 7 heteroatoms. The molecule has 0 bridgehead atoms. The first-order valence-electron chi connectivity index (χ1n) is 5.29. The Morgan fingerprint density at radius 3 is 2.74 bits per heavy atom. The maximum Gasteiger partial charge on any atom is 0.371 e. The second-order valence-corrected chi connectivity index (χ2v) is 3.60.